The van der Waals surface area contributed by atoms with Crippen LogP contribution in [0.1, 0.15) is 18.9 Å². The van der Waals surface area contributed by atoms with E-state index in [2.05, 4.69) is 12.1 Å². The molecule has 0 aliphatic carbocycles. The van der Waals surface area contributed by atoms with Crippen LogP contribution < -0.4 is 0 Å². The minimum absolute atomic E-state index is 0.440. The van der Waals surface area contributed by atoms with Gasteiger partial charge in [0.25, 0.3) is 0 Å². The summed E-state index contributed by atoms with van der Waals surface area (Å²) >= 11 is 0. The van der Waals surface area contributed by atoms with Gasteiger partial charge in [0.1, 0.15) is 5.92 Å². The van der Waals surface area contributed by atoms with E-state index < -0.39 is 17.6 Å². The lowest BCUT2D eigenvalue weighted by atomic mass is 9.70. The topological polar surface area (TPSA) is 66.0 Å². The van der Waals surface area contributed by atoms with Crippen molar-refractivity contribution >= 4 is 0 Å². The van der Waals surface area contributed by atoms with Crippen molar-refractivity contribution in [3.8, 4) is 12.1 Å². The summed E-state index contributed by atoms with van der Waals surface area (Å²) in [6.45, 7) is 1.89. The fraction of sp³-hybridized carbons (Fsp3) is 0.467. The van der Waals surface area contributed by atoms with E-state index in [-0.39, 0.29) is 0 Å². The van der Waals surface area contributed by atoms with Crippen LogP contribution in [-0.4, -0.2) is 20.5 Å². The molecule has 0 aliphatic heterocycles. The SMILES string of the molecule is COC(C[C@@](C)(c1ccccc1)C(C#N)C#N)OC. The molecule has 0 aromatic heterocycles. The number of nitriles is 2. The van der Waals surface area contributed by atoms with E-state index in [1.807, 2.05) is 37.3 Å². The molecule has 0 spiro atoms. The first-order valence-electron chi connectivity index (χ1n) is 6.02. The highest BCUT2D eigenvalue weighted by Gasteiger charge is 2.39. The highest BCUT2D eigenvalue weighted by Crippen LogP contribution is 2.37. The van der Waals surface area contributed by atoms with E-state index in [9.17, 15) is 10.5 Å². The average molecular weight is 258 g/mol. The molecule has 100 valence electrons. The number of hydrogen-bond donors (Lipinski definition) is 0. The molecule has 0 saturated heterocycles. The van der Waals surface area contributed by atoms with Crippen LogP contribution in [0.5, 0.6) is 0 Å². The van der Waals surface area contributed by atoms with E-state index in [0.717, 1.165) is 5.56 Å². The van der Waals surface area contributed by atoms with E-state index in [0.29, 0.717) is 6.42 Å². The first kappa shape index (κ1) is 15.2. The minimum Gasteiger partial charge on any atom is -0.356 e. The van der Waals surface area contributed by atoms with Gasteiger partial charge in [0.2, 0.25) is 0 Å². The molecule has 0 amide bonds. The van der Waals surface area contributed by atoms with Crippen LogP contribution >= 0.6 is 0 Å². The van der Waals surface area contributed by atoms with E-state index >= 15 is 0 Å². The van der Waals surface area contributed by atoms with Gasteiger partial charge in [-0.15, -0.1) is 0 Å². The Labute approximate surface area is 114 Å². The quantitative estimate of drug-likeness (QED) is 0.736. The molecule has 19 heavy (non-hydrogen) atoms. The first-order chi connectivity index (χ1) is 9.12. The third-order valence-corrected chi connectivity index (χ3v) is 3.45. The molecule has 1 rings (SSSR count). The van der Waals surface area contributed by atoms with Gasteiger partial charge in [0.15, 0.2) is 6.29 Å². The molecule has 1 aromatic rings. The number of methoxy groups -OCH3 is 2. The maximum absolute atomic E-state index is 9.23. The molecule has 0 radical (unpaired) electrons. The Hall–Kier alpha value is -1.88. The van der Waals surface area contributed by atoms with Crippen molar-refractivity contribution in [3.63, 3.8) is 0 Å². The number of ether oxygens (including phenoxy) is 2. The monoisotopic (exact) mass is 258 g/mol. The molecule has 0 heterocycles. The molecular formula is C15H18N2O2. The van der Waals surface area contributed by atoms with Crippen LogP contribution in [0.3, 0.4) is 0 Å². The van der Waals surface area contributed by atoms with Gasteiger partial charge in [-0.05, 0) is 5.56 Å². The Bertz CT molecular complexity index is 457. The fourth-order valence-corrected chi connectivity index (χ4v) is 2.14. The van der Waals surface area contributed by atoms with Gasteiger partial charge in [0, 0.05) is 26.1 Å². The summed E-state index contributed by atoms with van der Waals surface area (Å²) in [6, 6.07) is 13.7. The lowest BCUT2D eigenvalue weighted by Gasteiger charge is -2.33. The van der Waals surface area contributed by atoms with Crippen molar-refractivity contribution < 1.29 is 9.47 Å². The molecule has 0 unspecified atom stereocenters. The third-order valence-electron chi connectivity index (χ3n) is 3.45. The molecule has 0 fully saturated rings. The fourth-order valence-electron chi connectivity index (χ4n) is 2.14. The van der Waals surface area contributed by atoms with E-state index in [4.69, 9.17) is 9.47 Å². The van der Waals surface area contributed by atoms with Crippen molar-refractivity contribution in [2.75, 3.05) is 14.2 Å². The van der Waals surface area contributed by atoms with Gasteiger partial charge in [-0.25, -0.2) is 0 Å². The summed E-state index contributed by atoms with van der Waals surface area (Å²) in [5.74, 6) is -0.761. The minimum atomic E-state index is -0.761. The zero-order valence-corrected chi connectivity index (χ0v) is 11.5. The maximum Gasteiger partial charge on any atom is 0.157 e. The largest absolute Gasteiger partial charge is 0.356 e. The number of hydrogen-bond acceptors (Lipinski definition) is 4. The molecule has 0 N–H and O–H groups in total. The van der Waals surface area contributed by atoms with Crippen LogP contribution in [0.2, 0.25) is 0 Å². The Morgan fingerprint density at radius 3 is 2.05 bits per heavy atom. The van der Waals surface area contributed by atoms with Crippen LogP contribution in [0, 0.1) is 28.6 Å². The van der Waals surface area contributed by atoms with Crippen LogP contribution in [0.4, 0.5) is 0 Å². The molecule has 0 aliphatic rings. The van der Waals surface area contributed by atoms with Gasteiger partial charge >= 0.3 is 0 Å². The lowest BCUT2D eigenvalue weighted by Crippen LogP contribution is -2.36. The van der Waals surface area contributed by atoms with Gasteiger partial charge < -0.3 is 9.47 Å². The van der Waals surface area contributed by atoms with Crippen molar-refractivity contribution in [2.24, 2.45) is 5.92 Å². The maximum atomic E-state index is 9.23. The standard InChI is InChI=1S/C15H18N2O2/c1-15(13(10-16)11-17,9-14(18-2)19-3)12-7-5-4-6-8-12/h4-8,13-14H,9H2,1-3H3/t15-/m0/s1. The van der Waals surface area contributed by atoms with Crippen molar-refractivity contribution in [1.29, 1.82) is 10.5 Å². The highest BCUT2D eigenvalue weighted by atomic mass is 16.7. The summed E-state index contributed by atoms with van der Waals surface area (Å²) < 4.78 is 10.4. The second-order valence-electron chi connectivity index (χ2n) is 4.58. The van der Waals surface area contributed by atoms with Crippen molar-refractivity contribution in [1.82, 2.24) is 0 Å². The normalized spacial score (nSPS) is 13.8. The predicted molar refractivity (Wildman–Crippen MR) is 70.9 cm³/mol. The summed E-state index contributed by atoms with van der Waals surface area (Å²) in [7, 11) is 3.10. The molecule has 4 heteroatoms. The third kappa shape index (κ3) is 3.32. The number of nitrogens with zero attached hydrogens (tertiary/aromatic N) is 2. The Morgan fingerprint density at radius 2 is 1.63 bits per heavy atom. The highest BCUT2D eigenvalue weighted by molar-refractivity contribution is 5.30. The molecule has 0 bridgehead atoms. The number of rotatable bonds is 6. The van der Waals surface area contributed by atoms with Crippen molar-refractivity contribution in [2.45, 2.75) is 25.0 Å². The Morgan fingerprint density at radius 1 is 1.11 bits per heavy atom. The van der Waals surface area contributed by atoms with Gasteiger partial charge in [-0.3, -0.25) is 0 Å². The Balaban J connectivity index is 3.19. The van der Waals surface area contributed by atoms with Crippen LogP contribution in [0.25, 0.3) is 0 Å². The lowest BCUT2D eigenvalue weighted by molar-refractivity contribution is -0.117. The molecule has 1 atom stereocenters. The Kier molecular flexibility index (Phi) is 5.51. The molecule has 0 saturated carbocycles. The zero-order chi connectivity index (χ0) is 14.3. The summed E-state index contributed by atoms with van der Waals surface area (Å²) in [5, 5.41) is 18.5. The number of benzene rings is 1. The molecule has 1 aromatic carbocycles. The summed E-state index contributed by atoms with van der Waals surface area (Å²) in [4.78, 5) is 0. The van der Waals surface area contributed by atoms with Crippen LogP contribution in [0.15, 0.2) is 30.3 Å². The summed E-state index contributed by atoms with van der Waals surface area (Å²) in [6.07, 6.45) is -0.00935. The van der Waals surface area contributed by atoms with Crippen LogP contribution in [-0.2, 0) is 14.9 Å². The van der Waals surface area contributed by atoms with E-state index in [1.54, 1.807) is 14.2 Å². The second-order valence-corrected chi connectivity index (χ2v) is 4.58. The molecular weight excluding hydrogens is 240 g/mol. The van der Waals surface area contributed by atoms with E-state index in [1.165, 1.54) is 0 Å². The zero-order valence-electron chi connectivity index (χ0n) is 11.5. The van der Waals surface area contributed by atoms with Gasteiger partial charge in [-0.1, -0.05) is 37.3 Å². The van der Waals surface area contributed by atoms with Gasteiger partial charge in [0.05, 0.1) is 12.1 Å². The predicted octanol–water partition coefficient (Wildman–Crippen LogP) is 2.62. The smallest absolute Gasteiger partial charge is 0.157 e. The first-order valence-corrected chi connectivity index (χ1v) is 6.02. The average Bonchev–Trinajstić information content (AvgIpc) is 2.47. The van der Waals surface area contributed by atoms with Crippen molar-refractivity contribution in [3.05, 3.63) is 35.9 Å². The second kappa shape index (κ2) is 6.89. The summed E-state index contributed by atoms with van der Waals surface area (Å²) in [5.41, 5.74) is 0.295. The van der Waals surface area contributed by atoms with Gasteiger partial charge in [-0.2, -0.15) is 10.5 Å². The molecule has 4 nitrogen and oxygen atoms in total.